The van der Waals surface area contributed by atoms with Crippen molar-refractivity contribution in [2.45, 2.75) is 12.8 Å². The number of rotatable bonds is 1. The summed E-state index contributed by atoms with van der Waals surface area (Å²) < 4.78 is 0. The summed E-state index contributed by atoms with van der Waals surface area (Å²) in [5, 5.41) is 1.22. The van der Waals surface area contributed by atoms with Crippen molar-refractivity contribution in [2.24, 2.45) is 5.92 Å². The van der Waals surface area contributed by atoms with Gasteiger partial charge in [0.2, 0.25) is 0 Å². The van der Waals surface area contributed by atoms with Crippen LogP contribution < -0.4 is 0 Å². The average Bonchev–Trinajstić information content (AvgIpc) is 1.88. The summed E-state index contributed by atoms with van der Waals surface area (Å²) in [5.41, 5.74) is 0. The molecule has 1 aliphatic heterocycles. The second kappa shape index (κ2) is 3.48. The molecule has 0 aromatic carbocycles. The fourth-order valence-corrected chi connectivity index (χ4v) is 4.17. The second-order valence-electron chi connectivity index (χ2n) is 3.77. The minimum Gasteiger partial charge on any atom is -0.247 e. The number of halogens is 1. The van der Waals surface area contributed by atoms with Crippen LogP contribution in [0.5, 0.6) is 0 Å². The molecule has 1 fully saturated rings. The highest BCUT2D eigenvalue weighted by Gasteiger charge is 2.21. The zero-order chi connectivity index (χ0) is 7.61. The van der Waals surface area contributed by atoms with Gasteiger partial charge in [-0.2, -0.15) is 0 Å². The molecule has 2 heteroatoms. The van der Waals surface area contributed by atoms with Crippen LogP contribution in [0, 0.1) is 5.92 Å². The third kappa shape index (κ3) is 2.46. The van der Waals surface area contributed by atoms with E-state index in [0.29, 0.717) is 0 Å². The number of alkyl halides is 1. The summed E-state index contributed by atoms with van der Waals surface area (Å²) in [6, 6.07) is 0. The van der Waals surface area contributed by atoms with E-state index in [4.69, 9.17) is 0 Å². The Labute approximate surface area is 74.2 Å². The van der Waals surface area contributed by atoms with Crippen molar-refractivity contribution in [1.82, 2.24) is 0 Å². The molecule has 62 valence electrons. The molecule has 1 aliphatic rings. The van der Waals surface area contributed by atoms with Gasteiger partial charge in [-0.1, -0.05) is 15.9 Å². The van der Waals surface area contributed by atoms with Gasteiger partial charge in [-0.05, 0) is 42.8 Å². The first-order valence-corrected chi connectivity index (χ1v) is 7.80. The highest BCUT2D eigenvalue weighted by atomic mass is 79.9. The van der Waals surface area contributed by atoms with E-state index in [1.54, 1.807) is 0 Å². The maximum absolute atomic E-state index is 3.56. The van der Waals surface area contributed by atoms with Crippen molar-refractivity contribution in [3.8, 4) is 0 Å². The van der Waals surface area contributed by atoms with Crippen LogP contribution in [0.15, 0.2) is 0 Å². The van der Waals surface area contributed by atoms with Gasteiger partial charge < -0.3 is 0 Å². The Morgan fingerprint density at radius 3 is 2.20 bits per heavy atom. The Balaban J connectivity index is 2.31. The van der Waals surface area contributed by atoms with Crippen molar-refractivity contribution in [3.63, 3.8) is 0 Å². The van der Waals surface area contributed by atoms with Crippen LogP contribution in [0.1, 0.15) is 12.8 Å². The monoisotopic (exact) mass is 224 g/mol. The molecule has 0 aromatic rings. The SMILES string of the molecule is CS1(C)CCC(CBr)CC1. The second-order valence-corrected chi connectivity index (χ2v) is 8.77. The third-order valence-corrected chi connectivity index (χ3v) is 5.97. The van der Waals surface area contributed by atoms with Gasteiger partial charge in [-0.15, -0.1) is 0 Å². The molecule has 10 heavy (non-hydrogen) atoms. The first-order valence-electron chi connectivity index (χ1n) is 3.89. The van der Waals surface area contributed by atoms with E-state index >= 15 is 0 Å². The summed E-state index contributed by atoms with van der Waals surface area (Å²) >= 11 is 3.56. The minimum absolute atomic E-state index is 0.147. The molecule has 0 aromatic heterocycles. The van der Waals surface area contributed by atoms with E-state index in [1.807, 2.05) is 0 Å². The molecular weight excluding hydrogens is 208 g/mol. The molecule has 0 atom stereocenters. The van der Waals surface area contributed by atoms with Gasteiger partial charge in [0.05, 0.1) is 0 Å². The molecular formula is C8H17BrS. The van der Waals surface area contributed by atoms with E-state index in [1.165, 1.54) is 29.7 Å². The molecule has 0 aliphatic carbocycles. The minimum atomic E-state index is -0.147. The maximum atomic E-state index is 3.56. The highest BCUT2D eigenvalue weighted by Crippen LogP contribution is 2.46. The summed E-state index contributed by atoms with van der Waals surface area (Å²) in [7, 11) is -0.147. The van der Waals surface area contributed by atoms with Gasteiger partial charge in [-0.25, -0.2) is 10.0 Å². The van der Waals surface area contributed by atoms with Crippen molar-refractivity contribution < 1.29 is 0 Å². The lowest BCUT2D eigenvalue weighted by Crippen LogP contribution is -2.20. The molecule has 1 saturated heterocycles. The number of hydrogen-bond acceptors (Lipinski definition) is 0. The van der Waals surface area contributed by atoms with E-state index < -0.39 is 0 Å². The molecule has 0 bridgehead atoms. The molecule has 1 rings (SSSR count). The van der Waals surface area contributed by atoms with Crippen molar-refractivity contribution in [1.29, 1.82) is 0 Å². The summed E-state index contributed by atoms with van der Waals surface area (Å²) in [4.78, 5) is 0. The summed E-state index contributed by atoms with van der Waals surface area (Å²) in [6.45, 7) is 0. The van der Waals surface area contributed by atoms with Crippen LogP contribution in [0.2, 0.25) is 0 Å². The zero-order valence-corrected chi connectivity index (χ0v) is 9.30. The van der Waals surface area contributed by atoms with E-state index in [2.05, 4.69) is 28.4 Å². The van der Waals surface area contributed by atoms with E-state index in [9.17, 15) is 0 Å². The van der Waals surface area contributed by atoms with Crippen LogP contribution in [0.3, 0.4) is 0 Å². The Morgan fingerprint density at radius 1 is 1.30 bits per heavy atom. The molecule has 0 amide bonds. The van der Waals surface area contributed by atoms with Gasteiger partial charge in [-0.3, -0.25) is 0 Å². The lowest BCUT2D eigenvalue weighted by Gasteiger charge is -2.38. The Bertz CT molecular complexity index is 102. The molecule has 0 saturated carbocycles. The molecule has 0 N–H and O–H groups in total. The van der Waals surface area contributed by atoms with Crippen LogP contribution >= 0.6 is 26.0 Å². The first kappa shape index (κ1) is 8.92. The van der Waals surface area contributed by atoms with Crippen LogP contribution in [-0.4, -0.2) is 29.3 Å². The fraction of sp³-hybridized carbons (Fsp3) is 1.00. The highest BCUT2D eigenvalue weighted by molar-refractivity contribution is 9.09. The van der Waals surface area contributed by atoms with Crippen LogP contribution in [0.25, 0.3) is 0 Å². The average molecular weight is 225 g/mol. The molecule has 0 spiro atoms. The van der Waals surface area contributed by atoms with Gasteiger partial charge >= 0.3 is 0 Å². The lowest BCUT2D eigenvalue weighted by molar-refractivity contribution is 0.549. The first-order chi connectivity index (χ1) is 4.64. The normalized spacial score (nSPS) is 29.9. The largest absolute Gasteiger partial charge is 0.247 e. The number of hydrogen-bond donors (Lipinski definition) is 0. The predicted molar refractivity (Wildman–Crippen MR) is 55.7 cm³/mol. The standard InChI is InChI=1S/C8H17BrS/c1-10(2)5-3-8(7-9)4-6-10/h8H,3-7H2,1-2H3. The quantitative estimate of drug-likeness (QED) is 0.602. The van der Waals surface area contributed by atoms with Crippen molar-refractivity contribution in [3.05, 3.63) is 0 Å². The lowest BCUT2D eigenvalue weighted by atomic mass is 10.1. The van der Waals surface area contributed by atoms with E-state index in [-0.39, 0.29) is 10.0 Å². The third-order valence-electron chi connectivity index (χ3n) is 2.38. The Hall–Kier alpha value is 0.830. The summed E-state index contributed by atoms with van der Waals surface area (Å²) in [5.74, 6) is 3.99. The molecule has 0 radical (unpaired) electrons. The Morgan fingerprint density at radius 2 is 1.80 bits per heavy atom. The van der Waals surface area contributed by atoms with Crippen LogP contribution in [-0.2, 0) is 0 Å². The van der Waals surface area contributed by atoms with Gasteiger partial charge in [0.1, 0.15) is 0 Å². The Kier molecular flexibility index (Phi) is 3.11. The fourth-order valence-electron chi connectivity index (χ4n) is 1.37. The maximum Gasteiger partial charge on any atom is 0.00602 e. The van der Waals surface area contributed by atoms with E-state index in [0.717, 1.165) is 5.92 Å². The summed E-state index contributed by atoms with van der Waals surface area (Å²) in [6.07, 6.45) is 7.87. The van der Waals surface area contributed by atoms with Gasteiger partial charge in [0, 0.05) is 5.33 Å². The van der Waals surface area contributed by atoms with Crippen LogP contribution in [0.4, 0.5) is 0 Å². The zero-order valence-electron chi connectivity index (χ0n) is 6.90. The smallest absolute Gasteiger partial charge is 0.00602 e. The topological polar surface area (TPSA) is 0 Å². The predicted octanol–water partition coefficient (Wildman–Crippen LogP) is 2.86. The van der Waals surface area contributed by atoms with Gasteiger partial charge in [0.25, 0.3) is 0 Å². The molecule has 0 nitrogen and oxygen atoms in total. The molecule has 1 heterocycles. The van der Waals surface area contributed by atoms with Gasteiger partial charge in [0.15, 0.2) is 0 Å². The van der Waals surface area contributed by atoms with Crippen molar-refractivity contribution in [2.75, 3.05) is 29.3 Å². The van der Waals surface area contributed by atoms with Crippen molar-refractivity contribution >= 4 is 26.0 Å². The molecule has 0 unspecified atom stereocenters.